The number of carboxylic acid groups (broad SMARTS) is 1. The molecule has 0 spiro atoms. The van der Waals surface area contributed by atoms with Crippen molar-refractivity contribution >= 4 is 40.8 Å². The van der Waals surface area contributed by atoms with Crippen molar-refractivity contribution in [1.82, 2.24) is 4.98 Å². The third-order valence-corrected chi connectivity index (χ3v) is 3.03. The molecule has 0 bridgehead atoms. The summed E-state index contributed by atoms with van der Waals surface area (Å²) < 4.78 is 13.7. The molecule has 1 aromatic carbocycles. The summed E-state index contributed by atoms with van der Waals surface area (Å²) in [5, 5.41) is 11.2. The van der Waals surface area contributed by atoms with Crippen molar-refractivity contribution in [3.8, 4) is 0 Å². The summed E-state index contributed by atoms with van der Waals surface area (Å²) in [6.45, 7) is 0. The Kier molecular flexibility index (Phi) is 4.40. The normalized spacial score (nSPS) is 10.2. The molecule has 0 aliphatic rings. The van der Waals surface area contributed by atoms with Crippen LogP contribution in [0, 0.1) is 5.82 Å². The number of rotatable bonds is 3. The molecule has 0 unspecified atom stereocenters. The van der Waals surface area contributed by atoms with E-state index in [-0.39, 0.29) is 21.4 Å². The number of para-hydroxylation sites is 1. The molecule has 0 aliphatic heterocycles. The molecule has 8 heteroatoms. The molecule has 1 aromatic heterocycles. The van der Waals surface area contributed by atoms with E-state index in [1.165, 1.54) is 18.2 Å². The first-order valence-electron chi connectivity index (χ1n) is 5.55. The van der Waals surface area contributed by atoms with E-state index in [0.29, 0.717) is 0 Å². The number of hydrogen-bond donors (Lipinski definition) is 2. The summed E-state index contributed by atoms with van der Waals surface area (Å²) in [5.74, 6) is -3.13. The van der Waals surface area contributed by atoms with Crippen LogP contribution in [0.25, 0.3) is 0 Å². The van der Waals surface area contributed by atoms with Crippen molar-refractivity contribution in [3.05, 3.63) is 57.6 Å². The minimum Gasteiger partial charge on any atom is -0.478 e. The lowest BCUT2D eigenvalue weighted by molar-refractivity contribution is 0.0697. The Morgan fingerprint density at radius 3 is 2.57 bits per heavy atom. The minimum absolute atomic E-state index is 0.00474. The van der Waals surface area contributed by atoms with Gasteiger partial charge in [0, 0.05) is 0 Å². The molecule has 1 amide bonds. The highest BCUT2D eigenvalue weighted by molar-refractivity contribution is 6.35. The van der Waals surface area contributed by atoms with Gasteiger partial charge in [0.05, 0.1) is 16.3 Å². The number of nitrogens with one attached hydrogen (secondary N) is 1. The maximum absolute atomic E-state index is 13.7. The van der Waals surface area contributed by atoms with Crippen LogP contribution in [0.4, 0.5) is 10.1 Å². The second-order valence-corrected chi connectivity index (χ2v) is 4.68. The molecule has 2 N–H and O–H groups in total. The molecule has 2 rings (SSSR count). The fourth-order valence-corrected chi connectivity index (χ4v) is 1.92. The van der Waals surface area contributed by atoms with Crippen molar-refractivity contribution in [2.75, 3.05) is 5.32 Å². The molecule has 0 saturated carbocycles. The number of carboxylic acids is 1. The molecule has 0 saturated heterocycles. The zero-order chi connectivity index (χ0) is 15.6. The highest BCUT2D eigenvalue weighted by Crippen LogP contribution is 2.23. The van der Waals surface area contributed by atoms with E-state index in [1.807, 2.05) is 0 Å². The number of hydrogen-bond acceptors (Lipinski definition) is 3. The molecular formula is C13H7Cl2FN2O3. The maximum atomic E-state index is 13.7. The predicted octanol–water partition coefficient (Wildman–Crippen LogP) is 3.48. The summed E-state index contributed by atoms with van der Waals surface area (Å²) in [7, 11) is 0. The summed E-state index contributed by atoms with van der Waals surface area (Å²) in [6, 6.07) is 6.14. The summed E-state index contributed by atoms with van der Waals surface area (Å²) in [5.41, 5.74) is -1.09. The van der Waals surface area contributed by atoms with E-state index >= 15 is 0 Å². The number of aromatic nitrogens is 1. The van der Waals surface area contributed by atoms with Gasteiger partial charge in [-0.1, -0.05) is 29.3 Å². The second kappa shape index (κ2) is 6.07. The predicted molar refractivity (Wildman–Crippen MR) is 75.6 cm³/mol. The van der Waals surface area contributed by atoms with Gasteiger partial charge >= 0.3 is 5.97 Å². The topological polar surface area (TPSA) is 79.3 Å². The summed E-state index contributed by atoms with van der Waals surface area (Å²) >= 11 is 11.5. The van der Waals surface area contributed by atoms with E-state index in [2.05, 4.69) is 10.3 Å². The number of amides is 1. The lowest BCUT2D eigenvalue weighted by Gasteiger charge is -2.10. The summed E-state index contributed by atoms with van der Waals surface area (Å²) in [6.07, 6.45) is 0. The maximum Gasteiger partial charge on any atom is 0.337 e. The first-order chi connectivity index (χ1) is 9.90. The van der Waals surface area contributed by atoms with Gasteiger partial charge in [-0.25, -0.2) is 14.2 Å². The quantitative estimate of drug-likeness (QED) is 0.845. The van der Waals surface area contributed by atoms with Crippen molar-refractivity contribution in [3.63, 3.8) is 0 Å². The highest BCUT2D eigenvalue weighted by Gasteiger charge is 2.19. The standard InChI is InChI=1S/C13H7Cl2FN2O3/c14-7-4-5-9(15)17-11(7)12(19)18-10-6(13(20)21)2-1-3-8(10)16/h1-5H,(H,18,19)(H,20,21). The van der Waals surface area contributed by atoms with Gasteiger partial charge in [0.15, 0.2) is 0 Å². The van der Waals surface area contributed by atoms with Gasteiger partial charge in [0.25, 0.3) is 5.91 Å². The monoisotopic (exact) mass is 328 g/mol. The van der Waals surface area contributed by atoms with Gasteiger partial charge in [-0.05, 0) is 24.3 Å². The highest BCUT2D eigenvalue weighted by atomic mass is 35.5. The Morgan fingerprint density at radius 1 is 1.19 bits per heavy atom. The van der Waals surface area contributed by atoms with Crippen LogP contribution >= 0.6 is 23.2 Å². The van der Waals surface area contributed by atoms with Crippen LogP contribution in [-0.4, -0.2) is 22.0 Å². The molecular weight excluding hydrogens is 322 g/mol. The Bertz CT molecular complexity index is 737. The van der Waals surface area contributed by atoms with E-state index in [0.717, 1.165) is 12.1 Å². The van der Waals surface area contributed by atoms with Crippen molar-refractivity contribution in [2.45, 2.75) is 0 Å². The Morgan fingerprint density at radius 2 is 1.90 bits per heavy atom. The zero-order valence-electron chi connectivity index (χ0n) is 10.2. The van der Waals surface area contributed by atoms with Crippen LogP contribution in [0.1, 0.15) is 20.8 Å². The number of benzene rings is 1. The number of pyridine rings is 1. The first kappa shape index (κ1) is 15.2. The third-order valence-electron chi connectivity index (χ3n) is 2.51. The molecule has 0 aliphatic carbocycles. The zero-order valence-corrected chi connectivity index (χ0v) is 11.7. The number of nitrogens with zero attached hydrogens (tertiary/aromatic N) is 1. The Balaban J connectivity index is 2.41. The number of carbonyl (C=O) groups is 2. The second-order valence-electron chi connectivity index (χ2n) is 3.89. The molecule has 5 nitrogen and oxygen atoms in total. The molecule has 0 atom stereocenters. The van der Waals surface area contributed by atoms with Crippen molar-refractivity contribution in [1.29, 1.82) is 0 Å². The van der Waals surface area contributed by atoms with Crippen LogP contribution in [0.3, 0.4) is 0 Å². The van der Waals surface area contributed by atoms with Gasteiger partial charge in [-0.2, -0.15) is 0 Å². The average molecular weight is 329 g/mol. The third kappa shape index (κ3) is 3.29. The number of halogens is 3. The molecule has 108 valence electrons. The van der Waals surface area contributed by atoms with E-state index < -0.39 is 23.4 Å². The Labute approximate surface area is 128 Å². The average Bonchev–Trinajstić information content (AvgIpc) is 2.43. The number of anilines is 1. The van der Waals surface area contributed by atoms with E-state index in [9.17, 15) is 14.0 Å². The molecule has 21 heavy (non-hydrogen) atoms. The smallest absolute Gasteiger partial charge is 0.337 e. The lowest BCUT2D eigenvalue weighted by atomic mass is 10.1. The van der Waals surface area contributed by atoms with Crippen molar-refractivity contribution in [2.24, 2.45) is 0 Å². The van der Waals surface area contributed by atoms with Crippen LogP contribution in [0.5, 0.6) is 0 Å². The molecule has 1 heterocycles. The van der Waals surface area contributed by atoms with Crippen molar-refractivity contribution < 1.29 is 19.1 Å². The lowest BCUT2D eigenvalue weighted by Crippen LogP contribution is -2.18. The van der Waals surface area contributed by atoms with Gasteiger partial charge in [-0.3, -0.25) is 4.79 Å². The van der Waals surface area contributed by atoms with Crippen LogP contribution in [0.15, 0.2) is 30.3 Å². The van der Waals surface area contributed by atoms with E-state index in [1.54, 1.807) is 0 Å². The fourth-order valence-electron chi connectivity index (χ4n) is 1.58. The molecule has 0 radical (unpaired) electrons. The first-order valence-corrected chi connectivity index (χ1v) is 6.31. The molecule has 0 fully saturated rings. The molecule has 2 aromatic rings. The largest absolute Gasteiger partial charge is 0.478 e. The van der Waals surface area contributed by atoms with Gasteiger partial charge in [-0.15, -0.1) is 0 Å². The number of aromatic carboxylic acids is 1. The van der Waals surface area contributed by atoms with Crippen LogP contribution < -0.4 is 5.32 Å². The van der Waals surface area contributed by atoms with Crippen LogP contribution in [0.2, 0.25) is 10.2 Å². The fraction of sp³-hybridized carbons (Fsp3) is 0. The van der Waals surface area contributed by atoms with Gasteiger partial charge < -0.3 is 10.4 Å². The van der Waals surface area contributed by atoms with Crippen LogP contribution in [-0.2, 0) is 0 Å². The minimum atomic E-state index is -1.38. The Hall–Kier alpha value is -2.18. The number of carbonyl (C=O) groups excluding carboxylic acids is 1. The van der Waals surface area contributed by atoms with E-state index in [4.69, 9.17) is 28.3 Å². The summed E-state index contributed by atoms with van der Waals surface area (Å²) in [4.78, 5) is 26.8. The van der Waals surface area contributed by atoms with Gasteiger partial charge in [0.1, 0.15) is 16.7 Å². The van der Waals surface area contributed by atoms with Gasteiger partial charge in [0.2, 0.25) is 0 Å². The SMILES string of the molecule is O=C(O)c1cccc(F)c1NC(=O)c1nc(Cl)ccc1Cl.